The lowest BCUT2D eigenvalue weighted by atomic mass is 9.99. The Morgan fingerprint density at radius 3 is 1.88 bits per heavy atom. The molecule has 0 radical (unpaired) electrons. The van der Waals surface area contributed by atoms with E-state index in [1.165, 1.54) is 6.92 Å². The van der Waals surface area contributed by atoms with E-state index in [1.54, 1.807) is 0 Å². The fourth-order valence-corrected chi connectivity index (χ4v) is 2.39. The van der Waals surface area contributed by atoms with Gasteiger partial charge in [-0.2, -0.15) is 0 Å². The van der Waals surface area contributed by atoms with Crippen LogP contribution in [0.5, 0.6) is 0 Å². The van der Waals surface area contributed by atoms with Gasteiger partial charge in [-0.1, -0.05) is 60.7 Å². The van der Waals surface area contributed by atoms with Gasteiger partial charge < -0.3 is 21.1 Å². The van der Waals surface area contributed by atoms with Gasteiger partial charge in [-0.15, -0.1) is 0 Å². The molecule has 0 aliphatic rings. The number of hydrogen-bond acceptors (Lipinski definition) is 4. The Bertz CT molecular complexity index is 710. The first-order valence-electron chi connectivity index (χ1n) is 8.09. The molecule has 7 nitrogen and oxygen atoms in total. The zero-order chi connectivity index (χ0) is 18.9. The third-order valence-corrected chi connectivity index (χ3v) is 3.63. The molecule has 7 heteroatoms. The molecule has 3 amide bonds. The fraction of sp³-hybridized carbons (Fsp3) is 0.211. The molecule has 136 valence electrons. The summed E-state index contributed by atoms with van der Waals surface area (Å²) in [5.74, 6) is -1.20. The second kappa shape index (κ2) is 9.22. The molecule has 0 saturated carbocycles. The Kier molecular flexibility index (Phi) is 6.73. The lowest BCUT2D eigenvalue weighted by Crippen LogP contribution is -2.43. The summed E-state index contributed by atoms with van der Waals surface area (Å²) in [6, 6.07) is 16.8. The van der Waals surface area contributed by atoms with E-state index >= 15 is 0 Å². The molecule has 0 aliphatic carbocycles. The Labute approximate surface area is 151 Å². The first-order valence-corrected chi connectivity index (χ1v) is 8.09. The monoisotopic (exact) mass is 355 g/mol. The number of primary amides is 1. The van der Waals surface area contributed by atoms with Crippen LogP contribution in [0.2, 0.25) is 0 Å². The van der Waals surface area contributed by atoms with Crippen LogP contribution in [0.15, 0.2) is 60.7 Å². The van der Waals surface area contributed by atoms with E-state index in [0.717, 1.165) is 11.1 Å². The van der Waals surface area contributed by atoms with Crippen molar-refractivity contribution < 1.29 is 19.1 Å². The van der Waals surface area contributed by atoms with E-state index < -0.39 is 30.6 Å². The normalized spacial score (nSPS) is 11.5. The van der Waals surface area contributed by atoms with Gasteiger partial charge in [0.1, 0.15) is 6.04 Å². The Morgan fingerprint density at radius 2 is 1.42 bits per heavy atom. The summed E-state index contributed by atoms with van der Waals surface area (Å²) >= 11 is 0. The second-order valence-corrected chi connectivity index (χ2v) is 5.66. The molecule has 2 rings (SSSR count). The van der Waals surface area contributed by atoms with Gasteiger partial charge in [0.05, 0.1) is 6.04 Å². The third kappa shape index (κ3) is 5.62. The largest absolute Gasteiger partial charge is 0.454 e. The predicted octanol–water partition coefficient (Wildman–Crippen LogP) is 1.49. The molecule has 0 saturated heterocycles. The molecule has 0 unspecified atom stereocenters. The number of esters is 1. The maximum atomic E-state index is 12.2. The maximum absolute atomic E-state index is 12.2. The zero-order valence-electron chi connectivity index (χ0n) is 14.3. The van der Waals surface area contributed by atoms with Crippen molar-refractivity contribution in [3.05, 3.63) is 71.8 Å². The van der Waals surface area contributed by atoms with Gasteiger partial charge in [-0.25, -0.2) is 9.59 Å². The van der Waals surface area contributed by atoms with Gasteiger partial charge in [0, 0.05) is 0 Å². The molecule has 0 heterocycles. The highest BCUT2D eigenvalue weighted by atomic mass is 16.5. The van der Waals surface area contributed by atoms with Crippen LogP contribution in [0, 0.1) is 0 Å². The van der Waals surface area contributed by atoms with E-state index in [4.69, 9.17) is 10.5 Å². The molecule has 2 aromatic carbocycles. The lowest BCUT2D eigenvalue weighted by Gasteiger charge is -2.20. The average Bonchev–Trinajstić information content (AvgIpc) is 2.65. The lowest BCUT2D eigenvalue weighted by molar-refractivity contribution is -0.150. The Balaban J connectivity index is 2.01. The number of ether oxygens (including phenoxy) is 1. The topological polar surface area (TPSA) is 111 Å². The number of nitrogens with one attached hydrogen (secondary N) is 2. The summed E-state index contributed by atoms with van der Waals surface area (Å²) in [5, 5.41) is 5.05. The van der Waals surface area contributed by atoms with Gasteiger partial charge in [-0.05, 0) is 18.1 Å². The number of carbonyl (C=O) groups excluding carboxylic acids is 3. The number of rotatable bonds is 7. The van der Waals surface area contributed by atoms with Gasteiger partial charge in [0.15, 0.2) is 6.61 Å². The smallest absolute Gasteiger partial charge is 0.328 e. The van der Waals surface area contributed by atoms with Gasteiger partial charge in [0.2, 0.25) is 0 Å². The summed E-state index contributed by atoms with van der Waals surface area (Å²) in [5.41, 5.74) is 6.75. The van der Waals surface area contributed by atoms with Crippen molar-refractivity contribution in [2.45, 2.75) is 19.0 Å². The molecule has 4 N–H and O–H groups in total. The second-order valence-electron chi connectivity index (χ2n) is 5.66. The van der Waals surface area contributed by atoms with Crippen molar-refractivity contribution in [2.24, 2.45) is 5.73 Å². The van der Waals surface area contributed by atoms with E-state index in [9.17, 15) is 14.4 Å². The SMILES string of the molecule is C[C@H](NC(N)=O)C(=O)OCC(=O)NC(c1ccccc1)c1ccccc1. The van der Waals surface area contributed by atoms with Gasteiger partial charge >= 0.3 is 12.0 Å². The molecule has 0 bridgehead atoms. The summed E-state index contributed by atoms with van der Waals surface area (Å²) in [4.78, 5) is 34.7. The van der Waals surface area contributed by atoms with Crippen LogP contribution in [0.4, 0.5) is 4.79 Å². The van der Waals surface area contributed by atoms with Crippen LogP contribution in [-0.4, -0.2) is 30.6 Å². The zero-order valence-corrected chi connectivity index (χ0v) is 14.3. The van der Waals surface area contributed by atoms with Crippen molar-refractivity contribution in [3.63, 3.8) is 0 Å². The van der Waals surface area contributed by atoms with E-state index in [2.05, 4.69) is 10.6 Å². The van der Waals surface area contributed by atoms with E-state index in [-0.39, 0.29) is 6.04 Å². The maximum Gasteiger partial charge on any atom is 0.328 e. The van der Waals surface area contributed by atoms with E-state index in [0.29, 0.717) is 0 Å². The molecular formula is C19H21N3O4. The molecule has 26 heavy (non-hydrogen) atoms. The molecule has 0 aliphatic heterocycles. The van der Waals surface area contributed by atoms with Gasteiger partial charge in [0.25, 0.3) is 5.91 Å². The first kappa shape index (κ1) is 19.0. The minimum atomic E-state index is -0.931. The fourth-order valence-electron chi connectivity index (χ4n) is 2.39. The Hall–Kier alpha value is -3.35. The van der Waals surface area contributed by atoms with Crippen LogP contribution >= 0.6 is 0 Å². The first-order chi connectivity index (χ1) is 12.5. The van der Waals surface area contributed by atoms with Crippen LogP contribution < -0.4 is 16.4 Å². The molecular weight excluding hydrogens is 334 g/mol. The predicted molar refractivity (Wildman–Crippen MR) is 96.0 cm³/mol. The highest BCUT2D eigenvalue weighted by Crippen LogP contribution is 2.21. The molecule has 2 aromatic rings. The van der Waals surface area contributed by atoms with E-state index in [1.807, 2.05) is 60.7 Å². The van der Waals surface area contributed by atoms with Crippen molar-refractivity contribution >= 4 is 17.9 Å². The third-order valence-electron chi connectivity index (χ3n) is 3.63. The minimum absolute atomic E-state index is 0.371. The van der Waals surface area contributed by atoms with Crippen LogP contribution in [-0.2, 0) is 14.3 Å². The standard InChI is InChI=1S/C19H21N3O4/c1-13(21-19(20)25)18(24)26-12-16(23)22-17(14-8-4-2-5-9-14)15-10-6-3-7-11-15/h2-11,13,17H,12H2,1H3,(H,22,23)(H3,20,21,25)/t13-/m0/s1. The van der Waals surface area contributed by atoms with Gasteiger partial charge in [-0.3, -0.25) is 4.79 Å². The highest BCUT2D eigenvalue weighted by Gasteiger charge is 2.20. The summed E-state index contributed by atoms with van der Waals surface area (Å²) < 4.78 is 4.92. The van der Waals surface area contributed by atoms with Crippen molar-refractivity contribution in [1.29, 1.82) is 0 Å². The van der Waals surface area contributed by atoms with Crippen LogP contribution in [0.25, 0.3) is 0 Å². The summed E-state index contributed by atoms with van der Waals surface area (Å²) in [7, 11) is 0. The Morgan fingerprint density at radius 1 is 0.923 bits per heavy atom. The number of nitrogens with two attached hydrogens (primary N) is 1. The van der Waals surface area contributed by atoms with Crippen LogP contribution in [0.3, 0.4) is 0 Å². The highest BCUT2D eigenvalue weighted by molar-refractivity contribution is 5.85. The quantitative estimate of drug-likeness (QED) is 0.654. The molecule has 1 atom stereocenters. The summed E-state index contributed by atoms with van der Waals surface area (Å²) in [6.45, 7) is 0.960. The summed E-state index contributed by atoms with van der Waals surface area (Å²) in [6.07, 6.45) is 0. The average molecular weight is 355 g/mol. The number of urea groups is 1. The van der Waals surface area contributed by atoms with Crippen molar-refractivity contribution in [3.8, 4) is 0 Å². The number of carbonyl (C=O) groups is 3. The van der Waals surface area contributed by atoms with Crippen LogP contribution in [0.1, 0.15) is 24.1 Å². The molecule has 0 spiro atoms. The van der Waals surface area contributed by atoms with Crippen molar-refractivity contribution in [1.82, 2.24) is 10.6 Å². The number of amides is 3. The molecule has 0 aromatic heterocycles. The number of benzene rings is 2. The molecule has 0 fully saturated rings. The minimum Gasteiger partial charge on any atom is -0.454 e. The number of hydrogen-bond donors (Lipinski definition) is 3. The van der Waals surface area contributed by atoms with Crippen molar-refractivity contribution in [2.75, 3.05) is 6.61 Å².